The van der Waals surface area contributed by atoms with Gasteiger partial charge in [-0.25, -0.2) is 9.97 Å². The third-order valence-electron chi connectivity index (χ3n) is 2.82. The standard InChI is InChI=1S/C13H14F2N3O2P/c1-7(8(2)19)18-12-10-4-3-9(20-13(14,15)21)5-11(10)16-6-17-12/h3-7H,21H2,1-2H3,(H,16,17,18)/t7-/m1/s1. The molecule has 0 aliphatic heterocycles. The minimum Gasteiger partial charge on any atom is -0.430 e. The van der Waals surface area contributed by atoms with Gasteiger partial charge < -0.3 is 10.1 Å². The molecule has 0 saturated heterocycles. The van der Waals surface area contributed by atoms with E-state index < -0.39 is 11.9 Å². The van der Waals surface area contributed by atoms with E-state index in [-0.39, 0.29) is 11.5 Å². The molecular formula is C13H14F2N3O2P. The predicted molar refractivity (Wildman–Crippen MR) is 78.6 cm³/mol. The third-order valence-corrected chi connectivity index (χ3v) is 2.94. The van der Waals surface area contributed by atoms with Crippen molar-refractivity contribution in [2.24, 2.45) is 0 Å². The molecule has 0 bridgehead atoms. The Kier molecular flexibility index (Phi) is 4.32. The van der Waals surface area contributed by atoms with E-state index in [9.17, 15) is 13.6 Å². The summed E-state index contributed by atoms with van der Waals surface area (Å²) in [7, 11) is 1.30. The van der Waals surface area contributed by atoms with Crippen LogP contribution in [-0.4, -0.2) is 27.6 Å². The molecule has 0 saturated carbocycles. The number of rotatable bonds is 5. The molecule has 21 heavy (non-hydrogen) atoms. The number of ketones is 1. The molecule has 1 aromatic carbocycles. The molecule has 112 valence electrons. The summed E-state index contributed by atoms with van der Waals surface area (Å²) in [6, 6.07) is 3.94. The van der Waals surface area contributed by atoms with Gasteiger partial charge in [0.1, 0.15) is 17.9 Å². The Hall–Kier alpha value is -1.88. The van der Waals surface area contributed by atoms with E-state index in [0.717, 1.165) is 0 Å². The second kappa shape index (κ2) is 5.85. The number of ether oxygens (including phenoxy) is 1. The number of nitrogens with zero attached hydrogens (tertiary/aromatic N) is 2. The van der Waals surface area contributed by atoms with E-state index in [1.165, 1.54) is 34.6 Å². The number of nitrogens with one attached hydrogen (secondary N) is 1. The lowest BCUT2D eigenvalue weighted by molar-refractivity contribution is -0.117. The van der Waals surface area contributed by atoms with Crippen molar-refractivity contribution in [3.63, 3.8) is 0 Å². The van der Waals surface area contributed by atoms with E-state index >= 15 is 0 Å². The van der Waals surface area contributed by atoms with Crippen LogP contribution >= 0.6 is 9.24 Å². The molecule has 1 heterocycles. The SMILES string of the molecule is CC(=O)[C@@H](C)Nc1ncnc2cc(OC(F)(F)P)ccc12. The molecule has 0 fully saturated rings. The first-order chi connectivity index (χ1) is 9.76. The summed E-state index contributed by atoms with van der Waals surface area (Å²) >= 11 is 0. The van der Waals surface area contributed by atoms with Crippen molar-refractivity contribution in [1.29, 1.82) is 0 Å². The van der Waals surface area contributed by atoms with Crippen molar-refractivity contribution in [3.8, 4) is 5.75 Å². The predicted octanol–water partition coefficient (Wildman–Crippen LogP) is 2.82. The molecule has 0 spiro atoms. The number of hydrogen-bond donors (Lipinski definition) is 1. The van der Waals surface area contributed by atoms with Crippen LogP contribution in [0, 0.1) is 0 Å². The van der Waals surface area contributed by atoms with Crippen molar-refractivity contribution in [1.82, 2.24) is 9.97 Å². The van der Waals surface area contributed by atoms with Crippen molar-refractivity contribution < 1.29 is 18.3 Å². The Morgan fingerprint density at radius 3 is 2.76 bits per heavy atom. The van der Waals surface area contributed by atoms with Crippen molar-refractivity contribution in [3.05, 3.63) is 24.5 Å². The fraction of sp³-hybridized carbons (Fsp3) is 0.308. The zero-order valence-corrected chi connectivity index (χ0v) is 12.6. The number of halogens is 2. The van der Waals surface area contributed by atoms with Crippen LogP contribution in [0.25, 0.3) is 10.9 Å². The third kappa shape index (κ3) is 4.04. The van der Waals surface area contributed by atoms with Crippen molar-refractivity contribution in [2.75, 3.05) is 5.32 Å². The van der Waals surface area contributed by atoms with E-state index in [1.807, 2.05) is 0 Å². The number of carbonyl (C=O) groups is 1. The van der Waals surface area contributed by atoms with E-state index in [1.54, 1.807) is 13.0 Å². The van der Waals surface area contributed by atoms with Gasteiger partial charge in [0.05, 0.1) is 11.6 Å². The summed E-state index contributed by atoms with van der Waals surface area (Å²) in [5, 5.41) is 3.57. The summed E-state index contributed by atoms with van der Waals surface area (Å²) in [4.78, 5) is 19.4. The highest BCUT2D eigenvalue weighted by atomic mass is 31.0. The summed E-state index contributed by atoms with van der Waals surface area (Å²) in [5.74, 6) is -2.92. The Morgan fingerprint density at radius 1 is 1.43 bits per heavy atom. The van der Waals surface area contributed by atoms with Crippen LogP contribution in [0.3, 0.4) is 0 Å². The molecule has 0 aliphatic rings. The zero-order valence-electron chi connectivity index (χ0n) is 11.4. The maximum Gasteiger partial charge on any atom is 0.408 e. The quantitative estimate of drug-likeness (QED) is 0.860. The molecule has 0 radical (unpaired) electrons. The van der Waals surface area contributed by atoms with Crippen LogP contribution in [0.4, 0.5) is 14.6 Å². The Morgan fingerprint density at radius 2 is 2.14 bits per heavy atom. The number of fused-ring (bicyclic) bond motifs is 1. The first kappa shape index (κ1) is 15.5. The van der Waals surface area contributed by atoms with Crippen LogP contribution in [-0.2, 0) is 4.79 Å². The van der Waals surface area contributed by atoms with Gasteiger partial charge in [0.15, 0.2) is 5.78 Å². The lowest BCUT2D eigenvalue weighted by atomic mass is 10.2. The van der Waals surface area contributed by atoms with Crippen LogP contribution in [0.15, 0.2) is 24.5 Å². The lowest BCUT2D eigenvalue weighted by Crippen LogP contribution is -2.24. The second-order valence-electron chi connectivity index (χ2n) is 4.54. The summed E-state index contributed by atoms with van der Waals surface area (Å²) < 4.78 is 30.1. The molecule has 5 nitrogen and oxygen atoms in total. The smallest absolute Gasteiger partial charge is 0.408 e. The number of benzene rings is 1. The Labute approximate surface area is 122 Å². The average molecular weight is 313 g/mol. The molecule has 0 amide bonds. The maximum absolute atomic E-state index is 12.8. The Balaban J connectivity index is 2.36. The number of anilines is 1. The van der Waals surface area contributed by atoms with Gasteiger partial charge in [-0.2, -0.15) is 8.78 Å². The van der Waals surface area contributed by atoms with Gasteiger partial charge in [0.25, 0.3) is 0 Å². The van der Waals surface area contributed by atoms with Crippen LogP contribution in [0.5, 0.6) is 5.75 Å². The molecule has 2 aromatic rings. The molecule has 1 unspecified atom stereocenters. The fourth-order valence-electron chi connectivity index (χ4n) is 1.68. The van der Waals surface area contributed by atoms with Gasteiger partial charge >= 0.3 is 5.85 Å². The largest absolute Gasteiger partial charge is 0.430 e. The normalized spacial score (nSPS) is 13.0. The molecule has 2 rings (SSSR count). The summed E-state index contributed by atoms with van der Waals surface area (Å²) in [6.07, 6.45) is 1.29. The second-order valence-corrected chi connectivity index (χ2v) is 5.21. The molecular weight excluding hydrogens is 299 g/mol. The number of aromatic nitrogens is 2. The van der Waals surface area contributed by atoms with Gasteiger partial charge in [-0.15, -0.1) is 0 Å². The van der Waals surface area contributed by atoms with Gasteiger partial charge in [0.2, 0.25) is 0 Å². The highest BCUT2D eigenvalue weighted by Crippen LogP contribution is 2.30. The Bertz CT molecular complexity index is 676. The monoisotopic (exact) mass is 313 g/mol. The summed E-state index contributed by atoms with van der Waals surface area (Å²) in [6.45, 7) is 3.18. The van der Waals surface area contributed by atoms with Gasteiger partial charge in [0, 0.05) is 11.5 Å². The minimum atomic E-state index is -3.34. The van der Waals surface area contributed by atoms with Gasteiger partial charge in [-0.3, -0.25) is 4.79 Å². The maximum atomic E-state index is 12.8. The van der Waals surface area contributed by atoms with E-state index in [2.05, 4.69) is 20.0 Å². The highest BCUT2D eigenvalue weighted by molar-refractivity contribution is 7.17. The molecule has 1 aromatic heterocycles. The van der Waals surface area contributed by atoms with E-state index in [0.29, 0.717) is 16.7 Å². The van der Waals surface area contributed by atoms with Crippen LogP contribution in [0.2, 0.25) is 0 Å². The molecule has 8 heteroatoms. The van der Waals surface area contributed by atoms with E-state index in [4.69, 9.17) is 0 Å². The number of hydrogen-bond acceptors (Lipinski definition) is 5. The molecule has 0 aliphatic carbocycles. The number of alkyl halides is 2. The topological polar surface area (TPSA) is 64.1 Å². The first-order valence-corrected chi connectivity index (χ1v) is 6.71. The van der Waals surface area contributed by atoms with Crippen molar-refractivity contribution >= 4 is 31.7 Å². The summed E-state index contributed by atoms with van der Waals surface area (Å²) in [5.41, 5.74) is 0.440. The van der Waals surface area contributed by atoms with Crippen LogP contribution < -0.4 is 10.1 Å². The van der Waals surface area contributed by atoms with Gasteiger partial charge in [-0.05, 0) is 35.2 Å². The molecule has 1 N–H and O–H groups in total. The number of Topliss-reactive ketones (excluding diaryl/α,β-unsaturated/α-hetero) is 1. The lowest BCUT2D eigenvalue weighted by Gasteiger charge is -2.15. The minimum absolute atomic E-state index is 0.00762. The highest BCUT2D eigenvalue weighted by Gasteiger charge is 2.23. The fourth-order valence-corrected chi connectivity index (χ4v) is 1.82. The zero-order chi connectivity index (χ0) is 15.6. The van der Waals surface area contributed by atoms with Crippen LogP contribution in [0.1, 0.15) is 13.8 Å². The number of carbonyl (C=O) groups excluding carboxylic acids is 1. The van der Waals surface area contributed by atoms with Gasteiger partial charge in [-0.1, -0.05) is 0 Å². The average Bonchev–Trinajstić information content (AvgIpc) is 2.36. The first-order valence-electron chi connectivity index (χ1n) is 6.14. The molecule has 2 atom stereocenters. The van der Waals surface area contributed by atoms with Crippen molar-refractivity contribution in [2.45, 2.75) is 25.7 Å².